The van der Waals surface area contributed by atoms with Gasteiger partial charge in [0.2, 0.25) is 0 Å². The maximum atomic E-state index is 12.9. The highest BCUT2D eigenvalue weighted by atomic mass is 16.4. The molecule has 8 nitrogen and oxygen atoms in total. The number of fused-ring (bicyclic) bond motifs is 1. The second kappa shape index (κ2) is 7.03. The molecule has 2 aromatic heterocycles. The van der Waals surface area contributed by atoms with Gasteiger partial charge in [-0.1, -0.05) is 36.3 Å². The van der Waals surface area contributed by atoms with Crippen molar-refractivity contribution in [2.75, 3.05) is 0 Å². The van der Waals surface area contributed by atoms with E-state index in [1.807, 2.05) is 30.3 Å². The Morgan fingerprint density at radius 3 is 2.71 bits per heavy atom. The molecular formula is C20H21N5O3. The number of aliphatic carboxylic acids is 1. The number of hydrogen-bond donors (Lipinski definition) is 2. The molecule has 1 aliphatic rings. The van der Waals surface area contributed by atoms with Gasteiger partial charge in [0.25, 0.3) is 5.91 Å². The van der Waals surface area contributed by atoms with Crippen LogP contribution < -0.4 is 5.32 Å². The minimum atomic E-state index is -0.913. The smallest absolute Gasteiger partial charge is 0.305 e. The third kappa shape index (κ3) is 3.21. The van der Waals surface area contributed by atoms with Gasteiger partial charge in [-0.15, -0.1) is 5.10 Å². The Morgan fingerprint density at radius 2 is 1.96 bits per heavy atom. The highest BCUT2D eigenvalue weighted by molar-refractivity contribution is 5.94. The Morgan fingerprint density at radius 1 is 1.21 bits per heavy atom. The van der Waals surface area contributed by atoms with Crippen LogP contribution in [0.25, 0.3) is 16.6 Å². The van der Waals surface area contributed by atoms with Gasteiger partial charge in [-0.2, -0.15) is 0 Å². The molecule has 0 saturated heterocycles. The van der Waals surface area contributed by atoms with Crippen LogP contribution in [0.3, 0.4) is 0 Å². The fourth-order valence-electron chi connectivity index (χ4n) is 4.01. The number of carboxylic acids is 1. The van der Waals surface area contributed by atoms with Crippen LogP contribution in [0, 0.1) is 6.92 Å². The van der Waals surface area contributed by atoms with Gasteiger partial charge < -0.3 is 10.4 Å². The van der Waals surface area contributed by atoms with Crippen molar-refractivity contribution >= 4 is 22.8 Å². The van der Waals surface area contributed by atoms with Crippen LogP contribution in [0.2, 0.25) is 0 Å². The van der Waals surface area contributed by atoms with Crippen molar-refractivity contribution in [1.82, 2.24) is 25.3 Å². The molecule has 1 aliphatic carbocycles. The summed E-state index contributed by atoms with van der Waals surface area (Å²) in [7, 11) is 0. The minimum Gasteiger partial charge on any atom is -0.481 e. The normalized spacial score (nSPS) is 15.6. The van der Waals surface area contributed by atoms with Crippen LogP contribution in [0.1, 0.15) is 48.3 Å². The van der Waals surface area contributed by atoms with E-state index in [1.165, 1.54) is 0 Å². The van der Waals surface area contributed by atoms with Gasteiger partial charge in [-0.25, -0.2) is 4.68 Å². The van der Waals surface area contributed by atoms with Crippen LogP contribution in [0.5, 0.6) is 0 Å². The molecule has 0 spiro atoms. The third-order valence-corrected chi connectivity index (χ3v) is 5.38. The van der Waals surface area contributed by atoms with E-state index in [9.17, 15) is 14.7 Å². The fourth-order valence-corrected chi connectivity index (χ4v) is 4.01. The molecule has 4 rings (SSSR count). The summed E-state index contributed by atoms with van der Waals surface area (Å²) in [6.45, 7) is 1.77. The highest BCUT2D eigenvalue weighted by Crippen LogP contribution is 2.33. The number of nitrogens with zero attached hydrogens (tertiary/aromatic N) is 4. The summed E-state index contributed by atoms with van der Waals surface area (Å²) in [5, 5.41) is 21.4. The quantitative estimate of drug-likeness (QED) is 0.705. The number of rotatable bonds is 5. The zero-order valence-corrected chi connectivity index (χ0v) is 15.6. The van der Waals surface area contributed by atoms with Gasteiger partial charge in [-0.05, 0) is 31.9 Å². The maximum absolute atomic E-state index is 12.9. The number of benzene rings is 1. The van der Waals surface area contributed by atoms with Crippen molar-refractivity contribution in [2.24, 2.45) is 0 Å². The molecule has 1 fully saturated rings. The molecule has 1 amide bonds. The molecule has 0 radical (unpaired) electrons. The van der Waals surface area contributed by atoms with Crippen LogP contribution in [0.15, 0.2) is 36.5 Å². The van der Waals surface area contributed by atoms with Crippen LogP contribution in [-0.2, 0) is 4.79 Å². The molecule has 28 heavy (non-hydrogen) atoms. The van der Waals surface area contributed by atoms with E-state index in [0.717, 1.165) is 29.4 Å². The number of carboxylic acid groups (broad SMARTS) is 1. The SMILES string of the molecule is Cc1c(C(=O)NC2(CC(=O)O)CCCC2)nnn1-c1cccc2cccnc12. The summed E-state index contributed by atoms with van der Waals surface area (Å²) in [5.74, 6) is -1.30. The van der Waals surface area contributed by atoms with E-state index in [4.69, 9.17) is 0 Å². The van der Waals surface area contributed by atoms with E-state index < -0.39 is 11.5 Å². The first-order chi connectivity index (χ1) is 13.5. The molecule has 1 aromatic carbocycles. The second-order valence-corrected chi connectivity index (χ2v) is 7.30. The van der Waals surface area contributed by atoms with Crippen molar-refractivity contribution in [3.8, 4) is 5.69 Å². The predicted molar refractivity (Wildman–Crippen MR) is 102 cm³/mol. The lowest BCUT2D eigenvalue weighted by atomic mass is 9.93. The molecular weight excluding hydrogens is 358 g/mol. The molecule has 8 heteroatoms. The molecule has 2 heterocycles. The Balaban J connectivity index is 1.66. The Labute approximate surface area is 161 Å². The van der Waals surface area contributed by atoms with Gasteiger partial charge in [0.1, 0.15) is 0 Å². The zero-order valence-electron chi connectivity index (χ0n) is 15.6. The largest absolute Gasteiger partial charge is 0.481 e. The molecule has 0 bridgehead atoms. The van der Waals surface area contributed by atoms with Gasteiger partial charge >= 0.3 is 5.97 Å². The van der Waals surface area contributed by atoms with Crippen molar-refractivity contribution in [1.29, 1.82) is 0 Å². The van der Waals surface area contributed by atoms with Gasteiger partial charge in [0, 0.05) is 11.6 Å². The summed E-state index contributed by atoms with van der Waals surface area (Å²) >= 11 is 0. The number of para-hydroxylation sites is 1. The number of nitrogens with one attached hydrogen (secondary N) is 1. The van der Waals surface area contributed by atoms with E-state index in [1.54, 1.807) is 17.8 Å². The first-order valence-corrected chi connectivity index (χ1v) is 9.30. The molecule has 144 valence electrons. The van der Waals surface area contributed by atoms with E-state index >= 15 is 0 Å². The predicted octanol–water partition coefficient (Wildman–Crippen LogP) is 2.64. The average molecular weight is 379 g/mol. The van der Waals surface area contributed by atoms with Gasteiger partial charge in [0.05, 0.1) is 28.9 Å². The van der Waals surface area contributed by atoms with E-state index in [-0.39, 0.29) is 18.0 Å². The molecule has 0 aliphatic heterocycles. The van der Waals surface area contributed by atoms with Crippen LogP contribution in [0.4, 0.5) is 0 Å². The second-order valence-electron chi connectivity index (χ2n) is 7.30. The summed E-state index contributed by atoms with van der Waals surface area (Å²) in [4.78, 5) is 28.6. The number of carbonyl (C=O) groups excluding carboxylic acids is 1. The maximum Gasteiger partial charge on any atom is 0.305 e. The summed E-state index contributed by atoms with van der Waals surface area (Å²) in [5.41, 5.74) is 1.58. The number of hydrogen-bond acceptors (Lipinski definition) is 5. The topological polar surface area (TPSA) is 110 Å². The number of pyridine rings is 1. The van der Waals surface area contributed by atoms with Crippen molar-refractivity contribution in [3.63, 3.8) is 0 Å². The first-order valence-electron chi connectivity index (χ1n) is 9.30. The van der Waals surface area contributed by atoms with E-state index in [2.05, 4.69) is 20.6 Å². The third-order valence-electron chi connectivity index (χ3n) is 5.38. The number of carbonyl (C=O) groups is 2. The fraction of sp³-hybridized carbons (Fsp3) is 0.350. The lowest BCUT2D eigenvalue weighted by molar-refractivity contribution is -0.138. The van der Waals surface area contributed by atoms with Crippen LogP contribution >= 0.6 is 0 Å². The summed E-state index contributed by atoms with van der Waals surface area (Å²) in [6, 6.07) is 9.56. The standard InChI is InChI=1S/C20H21N5O3/c1-13-17(19(28)22-20(12-16(26)27)9-2-3-10-20)23-24-25(13)15-8-4-6-14-7-5-11-21-18(14)15/h4-8,11H,2-3,9-10,12H2,1H3,(H,22,28)(H,26,27). The first kappa shape index (κ1) is 18.1. The molecule has 1 saturated carbocycles. The van der Waals surface area contributed by atoms with Crippen molar-refractivity contribution < 1.29 is 14.7 Å². The van der Waals surface area contributed by atoms with E-state index in [0.29, 0.717) is 18.5 Å². The molecule has 0 unspecified atom stereocenters. The molecule has 3 aromatic rings. The summed E-state index contributed by atoms with van der Waals surface area (Å²) in [6.07, 6.45) is 4.75. The van der Waals surface area contributed by atoms with Gasteiger partial charge in [0.15, 0.2) is 5.69 Å². The lowest BCUT2D eigenvalue weighted by Gasteiger charge is -2.28. The number of amides is 1. The molecule has 0 atom stereocenters. The van der Waals surface area contributed by atoms with Crippen molar-refractivity contribution in [3.05, 3.63) is 47.9 Å². The Hall–Kier alpha value is -3.29. The highest BCUT2D eigenvalue weighted by Gasteiger charge is 2.38. The monoisotopic (exact) mass is 379 g/mol. The Bertz CT molecular complexity index is 1050. The van der Waals surface area contributed by atoms with Crippen molar-refractivity contribution in [2.45, 2.75) is 44.6 Å². The Kier molecular flexibility index (Phi) is 4.54. The summed E-state index contributed by atoms with van der Waals surface area (Å²) < 4.78 is 1.60. The minimum absolute atomic E-state index is 0.0842. The van der Waals surface area contributed by atoms with Gasteiger partial charge in [-0.3, -0.25) is 14.6 Å². The zero-order chi connectivity index (χ0) is 19.7. The number of aromatic nitrogens is 4. The molecule has 2 N–H and O–H groups in total. The van der Waals surface area contributed by atoms with Crippen LogP contribution in [-0.4, -0.2) is 42.5 Å². The lowest BCUT2D eigenvalue weighted by Crippen LogP contribution is -2.48. The average Bonchev–Trinajstić information content (AvgIpc) is 3.27.